The van der Waals surface area contributed by atoms with Crippen LogP contribution in [-0.2, 0) is 0 Å². The molecule has 0 aromatic heterocycles. The third-order valence-corrected chi connectivity index (χ3v) is 1.87. The maximum Gasteiger partial charge on any atom is 0.335 e. The number of aromatic carboxylic acids is 1. The molecule has 4 heteroatoms. The molecule has 0 radical (unpaired) electrons. The largest absolute Gasteiger partial charge is 0.478 e. The Morgan fingerprint density at radius 2 is 2.21 bits per heavy atom. The van der Waals surface area contributed by atoms with E-state index in [1.54, 1.807) is 13.0 Å². The standard InChI is InChI=1S/C10H7NO3/c1-6-2-7(10(13)14)3-8(4-11)9(6)5-12/h2-3,5H,1H3,(H,13,14). The first-order valence-electron chi connectivity index (χ1n) is 3.83. The van der Waals surface area contributed by atoms with Crippen LogP contribution in [0.5, 0.6) is 0 Å². The number of nitrogens with zero attached hydrogens (tertiary/aromatic N) is 1. The van der Waals surface area contributed by atoms with Crippen LogP contribution in [0.4, 0.5) is 0 Å². The first kappa shape index (κ1) is 9.93. The molecule has 0 aliphatic carbocycles. The molecule has 4 nitrogen and oxygen atoms in total. The smallest absolute Gasteiger partial charge is 0.335 e. The molecule has 0 saturated heterocycles. The minimum absolute atomic E-state index is 0.0182. The van der Waals surface area contributed by atoms with Gasteiger partial charge in [-0.1, -0.05) is 0 Å². The molecule has 0 amide bonds. The highest BCUT2D eigenvalue weighted by molar-refractivity contribution is 5.91. The molecule has 0 fully saturated rings. The summed E-state index contributed by atoms with van der Waals surface area (Å²) in [4.78, 5) is 21.2. The lowest BCUT2D eigenvalue weighted by Gasteiger charge is -2.02. The second-order valence-electron chi connectivity index (χ2n) is 2.79. The molecule has 1 rings (SSSR count). The molecule has 0 heterocycles. The zero-order valence-electron chi connectivity index (χ0n) is 7.44. The van der Waals surface area contributed by atoms with E-state index in [2.05, 4.69) is 0 Å². The summed E-state index contributed by atoms with van der Waals surface area (Å²) in [5, 5.41) is 17.4. The molecule has 0 unspecified atom stereocenters. The molecule has 0 saturated carbocycles. The normalized spacial score (nSPS) is 9.14. The Labute approximate surface area is 80.4 Å². The van der Waals surface area contributed by atoms with Crippen molar-refractivity contribution in [3.63, 3.8) is 0 Å². The lowest BCUT2D eigenvalue weighted by Crippen LogP contribution is -2.01. The van der Waals surface area contributed by atoms with E-state index in [9.17, 15) is 9.59 Å². The van der Waals surface area contributed by atoms with E-state index in [0.29, 0.717) is 11.8 Å². The fraction of sp³-hybridized carbons (Fsp3) is 0.100. The average Bonchev–Trinajstić information content (AvgIpc) is 2.16. The quantitative estimate of drug-likeness (QED) is 0.713. The summed E-state index contributed by atoms with van der Waals surface area (Å²) in [5.74, 6) is -1.11. The highest BCUT2D eigenvalue weighted by Gasteiger charge is 2.10. The van der Waals surface area contributed by atoms with Gasteiger partial charge in [-0.2, -0.15) is 5.26 Å². The number of carbonyl (C=O) groups excluding carboxylic acids is 1. The first-order chi connectivity index (χ1) is 6.60. The molecule has 0 aliphatic rings. The van der Waals surface area contributed by atoms with Gasteiger partial charge in [0.2, 0.25) is 0 Å². The van der Waals surface area contributed by atoms with Gasteiger partial charge in [-0.3, -0.25) is 4.79 Å². The molecule has 0 spiro atoms. The van der Waals surface area contributed by atoms with Crippen LogP contribution >= 0.6 is 0 Å². The van der Waals surface area contributed by atoms with Gasteiger partial charge in [0.15, 0.2) is 6.29 Å². The van der Waals surface area contributed by atoms with Crippen LogP contribution in [-0.4, -0.2) is 17.4 Å². The van der Waals surface area contributed by atoms with Gasteiger partial charge in [0.05, 0.1) is 17.2 Å². The zero-order chi connectivity index (χ0) is 10.7. The second kappa shape index (κ2) is 3.71. The van der Waals surface area contributed by atoms with Gasteiger partial charge in [-0.25, -0.2) is 4.79 Å². The van der Waals surface area contributed by atoms with Gasteiger partial charge in [0.1, 0.15) is 0 Å². The number of carboxylic acids is 1. The van der Waals surface area contributed by atoms with Crippen molar-refractivity contribution in [2.24, 2.45) is 0 Å². The fourth-order valence-corrected chi connectivity index (χ4v) is 1.17. The topological polar surface area (TPSA) is 78.2 Å². The molecule has 1 N–H and O–H groups in total. The van der Waals surface area contributed by atoms with Crippen molar-refractivity contribution >= 4 is 12.3 Å². The van der Waals surface area contributed by atoms with Crippen molar-refractivity contribution in [1.29, 1.82) is 5.26 Å². The van der Waals surface area contributed by atoms with Crippen molar-refractivity contribution in [2.45, 2.75) is 6.92 Å². The number of rotatable bonds is 2. The summed E-state index contributed by atoms with van der Waals surface area (Å²) in [6, 6.07) is 4.35. The zero-order valence-corrected chi connectivity index (χ0v) is 7.44. The number of aldehydes is 1. The first-order valence-corrected chi connectivity index (χ1v) is 3.83. The Kier molecular flexibility index (Phi) is 2.63. The highest BCUT2D eigenvalue weighted by atomic mass is 16.4. The van der Waals surface area contributed by atoms with Gasteiger partial charge in [-0.15, -0.1) is 0 Å². The van der Waals surface area contributed by atoms with Gasteiger partial charge in [-0.05, 0) is 24.6 Å². The van der Waals surface area contributed by atoms with Crippen LogP contribution in [0.3, 0.4) is 0 Å². The summed E-state index contributed by atoms with van der Waals surface area (Å²) in [5.41, 5.74) is 0.857. The fourth-order valence-electron chi connectivity index (χ4n) is 1.17. The number of aryl methyl sites for hydroxylation is 1. The SMILES string of the molecule is Cc1cc(C(=O)O)cc(C#N)c1C=O. The number of carboxylic acid groups (broad SMARTS) is 1. The van der Waals surface area contributed by atoms with Crippen LogP contribution in [0.25, 0.3) is 0 Å². The van der Waals surface area contributed by atoms with Crippen molar-refractivity contribution in [2.75, 3.05) is 0 Å². The Bertz CT molecular complexity index is 443. The number of carbonyl (C=O) groups is 2. The van der Waals surface area contributed by atoms with Gasteiger partial charge < -0.3 is 5.11 Å². The molecule has 0 atom stereocenters. The average molecular weight is 189 g/mol. The van der Waals surface area contributed by atoms with Crippen LogP contribution in [0.15, 0.2) is 12.1 Å². The lowest BCUT2D eigenvalue weighted by molar-refractivity contribution is 0.0696. The van der Waals surface area contributed by atoms with E-state index in [-0.39, 0.29) is 16.7 Å². The number of hydrogen-bond acceptors (Lipinski definition) is 3. The third-order valence-electron chi connectivity index (χ3n) is 1.87. The minimum atomic E-state index is -1.11. The minimum Gasteiger partial charge on any atom is -0.478 e. The van der Waals surface area contributed by atoms with Crippen molar-refractivity contribution < 1.29 is 14.7 Å². The van der Waals surface area contributed by atoms with Crippen LogP contribution in [0.2, 0.25) is 0 Å². The Morgan fingerprint density at radius 1 is 1.57 bits per heavy atom. The van der Waals surface area contributed by atoms with E-state index in [4.69, 9.17) is 10.4 Å². The molecule has 0 bridgehead atoms. The van der Waals surface area contributed by atoms with Gasteiger partial charge in [0, 0.05) is 5.56 Å². The molecular weight excluding hydrogens is 182 g/mol. The Hall–Kier alpha value is -2.15. The van der Waals surface area contributed by atoms with E-state index < -0.39 is 5.97 Å². The second-order valence-corrected chi connectivity index (χ2v) is 2.79. The summed E-state index contributed by atoms with van der Waals surface area (Å²) in [6.07, 6.45) is 0.555. The molecule has 1 aromatic carbocycles. The highest BCUT2D eigenvalue weighted by Crippen LogP contribution is 2.14. The van der Waals surface area contributed by atoms with E-state index in [0.717, 1.165) is 0 Å². The summed E-state index contributed by atoms with van der Waals surface area (Å²) in [7, 11) is 0. The number of hydrogen-bond donors (Lipinski definition) is 1. The Balaban J connectivity index is 3.48. The Morgan fingerprint density at radius 3 is 2.64 bits per heavy atom. The maximum atomic E-state index is 10.6. The van der Waals surface area contributed by atoms with Crippen molar-refractivity contribution in [3.05, 3.63) is 34.4 Å². The number of nitriles is 1. The van der Waals surface area contributed by atoms with Crippen LogP contribution in [0.1, 0.15) is 31.8 Å². The van der Waals surface area contributed by atoms with Gasteiger partial charge in [0.25, 0.3) is 0 Å². The predicted octanol–water partition coefficient (Wildman–Crippen LogP) is 1.38. The van der Waals surface area contributed by atoms with Crippen LogP contribution < -0.4 is 0 Å². The molecular formula is C10H7NO3. The third kappa shape index (κ3) is 1.62. The monoisotopic (exact) mass is 189 g/mol. The summed E-state index contributed by atoms with van der Waals surface area (Å²) < 4.78 is 0. The molecule has 14 heavy (non-hydrogen) atoms. The lowest BCUT2D eigenvalue weighted by atomic mass is 10.0. The van der Waals surface area contributed by atoms with Crippen LogP contribution in [0, 0.1) is 18.3 Å². The predicted molar refractivity (Wildman–Crippen MR) is 48.2 cm³/mol. The van der Waals surface area contributed by atoms with Gasteiger partial charge >= 0.3 is 5.97 Å². The maximum absolute atomic E-state index is 10.6. The summed E-state index contributed by atoms with van der Waals surface area (Å²) in [6.45, 7) is 1.59. The van der Waals surface area contributed by atoms with Crippen molar-refractivity contribution in [1.82, 2.24) is 0 Å². The summed E-state index contributed by atoms with van der Waals surface area (Å²) >= 11 is 0. The molecule has 1 aromatic rings. The number of benzene rings is 1. The van der Waals surface area contributed by atoms with Crippen molar-refractivity contribution in [3.8, 4) is 6.07 Å². The van der Waals surface area contributed by atoms with E-state index >= 15 is 0 Å². The molecule has 70 valence electrons. The van der Waals surface area contributed by atoms with E-state index in [1.165, 1.54) is 12.1 Å². The molecule has 0 aliphatic heterocycles. The van der Waals surface area contributed by atoms with E-state index in [1.807, 2.05) is 0 Å².